The number of hydrogen-bond donors (Lipinski definition) is 1. The molecule has 0 aliphatic rings. The number of hydrogen-bond acceptors (Lipinski definition) is 5. The highest BCUT2D eigenvalue weighted by molar-refractivity contribution is 5.93. The highest BCUT2D eigenvalue weighted by Gasteiger charge is 2.14. The summed E-state index contributed by atoms with van der Waals surface area (Å²) in [5.74, 6) is -0.0996. The Morgan fingerprint density at radius 3 is 2.38 bits per heavy atom. The van der Waals surface area contributed by atoms with Crippen LogP contribution in [0.15, 0.2) is 95.6 Å². The summed E-state index contributed by atoms with van der Waals surface area (Å²) in [6, 6.07) is 25.9. The number of rotatable bonds is 8. The van der Waals surface area contributed by atoms with Gasteiger partial charge >= 0.3 is 5.97 Å². The molecule has 1 aromatic heterocycles. The first-order valence-corrected chi connectivity index (χ1v) is 12.9. The van der Waals surface area contributed by atoms with E-state index < -0.39 is 0 Å². The molecule has 39 heavy (non-hydrogen) atoms. The Balaban J connectivity index is 0.00000172. The largest absolute Gasteiger partial charge is 0.489 e. The number of esters is 1. The van der Waals surface area contributed by atoms with Gasteiger partial charge in [-0.15, -0.1) is 0 Å². The number of fused-ring (bicyclic) bond motifs is 1. The monoisotopic (exact) mass is 525 g/mol. The highest BCUT2D eigenvalue weighted by atomic mass is 19.1. The quantitative estimate of drug-likeness (QED) is 0.210. The van der Waals surface area contributed by atoms with Crippen LogP contribution < -0.4 is 10.5 Å². The average Bonchev–Trinajstić information content (AvgIpc) is 3.46. The SMILES string of the molecule is CC.COC(=O)Cc1ccc(-c2ccc(F)cc2)cc1OCc1cc(-c2cccc(CN)c2)c2occc2c1. The molecule has 0 amide bonds. The van der Waals surface area contributed by atoms with Crippen LogP contribution >= 0.6 is 0 Å². The first-order chi connectivity index (χ1) is 19.0. The third-order valence-electron chi connectivity index (χ3n) is 6.29. The van der Waals surface area contributed by atoms with Crippen LogP contribution in [0.4, 0.5) is 4.39 Å². The zero-order chi connectivity index (χ0) is 27.8. The summed E-state index contributed by atoms with van der Waals surface area (Å²) >= 11 is 0. The van der Waals surface area contributed by atoms with Crippen molar-refractivity contribution in [1.29, 1.82) is 0 Å². The Bertz CT molecular complexity index is 1560. The van der Waals surface area contributed by atoms with E-state index in [2.05, 4.69) is 6.07 Å². The fourth-order valence-electron chi connectivity index (χ4n) is 4.35. The van der Waals surface area contributed by atoms with Gasteiger partial charge in [-0.25, -0.2) is 4.39 Å². The van der Waals surface area contributed by atoms with Crippen molar-refractivity contribution in [3.05, 3.63) is 114 Å². The third-order valence-corrected chi connectivity index (χ3v) is 6.29. The van der Waals surface area contributed by atoms with Crippen LogP contribution in [0.2, 0.25) is 0 Å². The lowest BCUT2D eigenvalue weighted by atomic mass is 9.99. The smallest absolute Gasteiger partial charge is 0.310 e. The van der Waals surface area contributed by atoms with Gasteiger partial charge in [0.05, 0.1) is 19.8 Å². The third kappa shape index (κ3) is 6.54. The summed E-state index contributed by atoms with van der Waals surface area (Å²) in [6.07, 6.45) is 1.75. The van der Waals surface area contributed by atoms with Gasteiger partial charge < -0.3 is 19.6 Å². The van der Waals surface area contributed by atoms with Crippen LogP contribution in [0.3, 0.4) is 0 Å². The molecule has 5 nitrogen and oxygen atoms in total. The molecule has 6 heteroatoms. The van der Waals surface area contributed by atoms with Gasteiger partial charge in [-0.05, 0) is 70.3 Å². The molecule has 0 saturated carbocycles. The zero-order valence-electron chi connectivity index (χ0n) is 22.4. The molecule has 0 aliphatic carbocycles. The number of nitrogens with two attached hydrogens (primary N) is 1. The van der Waals surface area contributed by atoms with Crippen LogP contribution in [0.1, 0.15) is 30.5 Å². The lowest BCUT2D eigenvalue weighted by molar-refractivity contribution is -0.139. The standard InChI is InChI=1S/C31H26FNO4.C2H6/c1-35-30(34)17-25-6-5-23(22-7-9-27(32)10-8-22)16-29(25)37-19-21-14-26-11-12-36-31(26)28(15-21)24-4-2-3-20(13-24)18-33;1-2/h2-16H,17-19,33H2,1H3;1-2H3. The summed E-state index contributed by atoms with van der Waals surface area (Å²) in [5.41, 5.74) is 13.0. The second-order valence-electron chi connectivity index (χ2n) is 8.76. The number of methoxy groups -OCH3 is 1. The Kier molecular flexibility index (Phi) is 9.13. The topological polar surface area (TPSA) is 74.7 Å². The second kappa shape index (κ2) is 12.9. The summed E-state index contributed by atoms with van der Waals surface area (Å²) in [7, 11) is 1.36. The molecule has 0 fully saturated rings. The minimum absolute atomic E-state index is 0.0768. The van der Waals surface area contributed by atoms with Gasteiger partial charge in [0.15, 0.2) is 0 Å². The molecule has 5 rings (SSSR count). The second-order valence-corrected chi connectivity index (χ2v) is 8.76. The lowest BCUT2D eigenvalue weighted by Crippen LogP contribution is -2.07. The van der Waals surface area contributed by atoms with Gasteiger partial charge in [0, 0.05) is 23.1 Å². The normalized spacial score (nSPS) is 10.6. The summed E-state index contributed by atoms with van der Waals surface area (Å²) in [5, 5.41) is 0.962. The summed E-state index contributed by atoms with van der Waals surface area (Å²) in [4.78, 5) is 12.0. The first kappa shape index (κ1) is 27.6. The maximum absolute atomic E-state index is 13.4. The molecular formula is C33H32FNO4. The Hall–Kier alpha value is -4.42. The summed E-state index contributed by atoms with van der Waals surface area (Å²) in [6.45, 7) is 4.72. The average molecular weight is 526 g/mol. The van der Waals surface area contributed by atoms with E-state index in [0.717, 1.165) is 44.3 Å². The Labute approximate surface area is 228 Å². The van der Waals surface area contributed by atoms with Crippen molar-refractivity contribution < 1.29 is 23.1 Å². The van der Waals surface area contributed by atoms with Crippen molar-refractivity contribution in [2.45, 2.75) is 33.4 Å². The van der Waals surface area contributed by atoms with E-state index in [1.165, 1.54) is 19.2 Å². The van der Waals surface area contributed by atoms with Gasteiger partial charge in [0.1, 0.15) is 23.8 Å². The minimum atomic E-state index is -0.360. The highest BCUT2D eigenvalue weighted by Crippen LogP contribution is 2.33. The molecule has 4 aromatic carbocycles. The maximum Gasteiger partial charge on any atom is 0.310 e. The van der Waals surface area contributed by atoms with Crippen molar-refractivity contribution in [3.63, 3.8) is 0 Å². The Morgan fingerprint density at radius 2 is 1.64 bits per heavy atom. The predicted octanol–water partition coefficient (Wildman–Crippen LogP) is 7.69. The number of halogens is 1. The molecule has 0 spiro atoms. The van der Waals surface area contributed by atoms with Crippen LogP contribution in [-0.2, 0) is 29.1 Å². The van der Waals surface area contributed by atoms with E-state index in [1.54, 1.807) is 18.4 Å². The van der Waals surface area contributed by atoms with E-state index in [1.807, 2.05) is 68.4 Å². The fraction of sp³-hybridized carbons (Fsp3) is 0.182. The number of carbonyl (C=O) groups is 1. The number of furan rings is 1. The molecule has 0 aliphatic heterocycles. The molecule has 2 N–H and O–H groups in total. The molecular weight excluding hydrogens is 493 g/mol. The van der Waals surface area contributed by atoms with Crippen LogP contribution in [0, 0.1) is 5.82 Å². The van der Waals surface area contributed by atoms with Gasteiger partial charge in [-0.3, -0.25) is 4.79 Å². The number of ether oxygens (including phenoxy) is 2. The van der Waals surface area contributed by atoms with Gasteiger partial charge in [-0.2, -0.15) is 0 Å². The van der Waals surface area contributed by atoms with Crippen molar-refractivity contribution in [1.82, 2.24) is 0 Å². The molecule has 1 heterocycles. The molecule has 0 saturated heterocycles. The minimum Gasteiger partial charge on any atom is -0.489 e. The van der Waals surface area contributed by atoms with Crippen molar-refractivity contribution in [2.24, 2.45) is 5.73 Å². The van der Waals surface area contributed by atoms with Crippen molar-refractivity contribution >= 4 is 16.9 Å². The van der Waals surface area contributed by atoms with Gasteiger partial charge in [0.2, 0.25) is 0 Å². The van der Waals surface area contributed by atoms with Crippen LogP contribution in [-0.4, -0.2) is 13.1 Å². The molecule has 0 bridgehead atoms. The zero-order valence-corrected chi connectivity index (χ0v) is 22.4. The van der Waals surface area contributed by atoms with Crippen molar-refractivity contribution in [3.8, 4) is 28.0 Å². The number of benzene rings is 4. The molecule has 5 aromatic rings. The van der Waals surface area contributed by atoms with E-state index in [4.69, 9.17) is 19.6 Å². The maximum atomic E-state index is 13.4. The van der Waals surface area contributed by atoms with Crippen LogP contribution in [0.25, 0.3) is 33.2 Å². The molecule has 0 atom stereocenters. The predicted molar refractivity (Wildman–Crippen MR) is 153 cm³/mol. The Morgan fingerprint density at radius 1 is 0.872 bits per heavy atom. The van der Waals surface area contributed by atoms with Gasteiger partial charge in [-0.1, -0.05) is 56.3 Å². The van der Waals surface area contributed by atoms with Crippen LogP contribution in [0.5, 0.6) is 5.75 Å². The first-order valence-electron chi connectivity index (χ1n) is 12.9. The van der Waals surface area contributed by atoms with Crippen molar-refractivity contribution in [2.75, 3.05) is 7.11 Å². The lowest BCUT2D eigenvalue weighted by Gasteiger charge is -2.14. The molecule has 0 radical (unpaired) electrons. The van der Waals surface area contributed by atoms with E-state index in [9.17, 15) is 9.18 Å². The van der Waals surface area contributed by atoms with E-state index in [0.29, 0.717) is 17.9 Å². The number of carbonyl (C=O) groups excluding carboxylic acids is 1. The van der Waals surface area contributed by atoms with E-state index in [-0.39, 0.29) is 24.8 Å². The molecule has 0 unspecified atom stereocenters. The summed E-state index contributed by atoms with van der Waals surface area (Å²) < 4.78 is 30.4. The van der Waals surface area contributed by atoms with Gasteiger partial charge in [0.25, 0.3) is 0 Å². The fourth-order valence-corrected chi connectivity index (χ4v) is 4.35. The molecule has 200 valence electrons. The van der Waals surface area contributed by atoms with E-state index >= 15 is 0 Å².